The van der Waals surface area contributed by atoms with Crippen LogP contribution < -0.4 is 0 Å². The Hall–Kier alpha value is 0.387. The summed E-state index contributed by atoms with van der Waals surface area (Å²) in [5.41, 5.74) is 3.19. The molecular weight excluding hydrogens is 375 g/mol. The molecule has 1 aliphatic carbocycles. The summed E-state index contributed by atoms with van der Waals surface area (Å²) >= 11 is 2.32. The van der Waals surface area contributed by atoms with E-state index in [1.165, 1.54) is 17.6 Å². The highest BCUT2D eigenvalue weighted by atomic mass is 127. The Kier molecular flexibility index (Phi) is 5.76. The summed E-state index contributed by atoms with van der Waals surface area (Å²) in [7, 11) is -1.69. The van der Waals surface area contributed by atoms with Gasteiger partial charge in [-0.05, 0) is 58.5 Å². The number of hydrogen-bond donors (Lipinski definition) is 0. The summed E-state index contributed by atoms with van der Waals surface area (Å²) in [5.74, 6) is 0. The standard InChI is InChI=1S/C17H31IOSi/c1-13-14(10-12-18)17(5,6)11-9-15(13)19-20(7,8)16(2,3)4/h10,12,15H,9,11H2,1-8H3/b12-10+. The maximum Gasteiger partial charge on any atom is 0.192 e. The lowest BCUT2D eigenvalue weighted by Crippen LogP contribution is -2.45. The van der Waals surface area contributed by atoms with Gasteiger partial charge in [0.15, 0.2) is 8.32 Å². The third kappa shape index (κ3) is 3.98. The van der Waals surface area contributed by atoms with E-state index in [1.54, 1.807) is 0 Å². The molecule has 0 spiro atoms. The molecule has 0 bridgehead atoms. The van der Waals surface area contributed by atoms with Gasteiger partial charge in [-0.15, -0.1) is 0 Å². The molecule has 0 aromatic rings. The summed E-state index contributed by atoms with van der Waals surface area (Å²) in [6.45, 7) is 18.6. The van der Waals surface area contributed by atoms with Gasteiger partial charge in [0.2, 0.25) is 0 Å². The van der Waals surface area contributed by atoms with Crippen LogP contribution in [0.4, 0.5) is 0 Å². The Morgan fingerprint density at radius 1 is 1.30 bits per heavy atom. The summed E-state index contributed by atoms with van der Waals surface area (Å²) in [4.78, 5) is 0. The molecule has 0 N–H and O–H groups in total. The number of rotatable bonds is 3. The van der Waals surface area contributed by atoms with Crippen LogP contribution in [-0.4, -0.2) is 14.4 Å². The quantitative estimate of drug-likeness (QED) is 0.386. The summed E-state index contributed by atoms with van der Waals surface area (Å²) in [6.07, 6.45) is 4.95. The molecule has 1 unspecified atom stereocenters. The van der Waals surface area contributed by atoms with Crippen molar-refractivity contribution in [1.29, 1.82) is 0 Å². The number of hydrogen-bond acceptors (Lipinski definition) is 1. The molecule has 0 saturated heterocycles. The zero-order chi connectivity index (χ0) is 15.8. The molecule has 0 amide bonds. The summed E-state index contributed by atoms with van der Waals surface area (Å²) in [5, 5.41) is 0.277. The second-order valence-corrected chi connectivity index (χ2v) is 13.7. The zero-order valence-corrected chi connectivity index (χ0v) is 17.6. The maximum atomic E-state index is 6.67. The van der Waals surface area contributed by atoms with E-state index < -0.39 is 8.32 Å². The Morgan fingerprint density at radius 3 is 2.30 bits per heavy atom. The van der Waals surface area contributed by atoms with Crippen molar-refractivity contribution in [2.45, 2.75) is 78.6 Å². The van der Waals surface area contributed by atoms with E-state index in [0.717, 1.165) is 6.42 Å². The first-order valence-electron chi connectivity index (χ1n) is 7.58. The average Bonchev–Trinajstić information content (AvgIpc) is 2.27. The van der Waals surface area contributed by atoms with Gasteiger partial charge >= 0.3 is 0 Å². The monoisotopic (exact) mass is 406 g/mol. The first-order chi connectivity index (χ1) is 8.92. The van der Waals surface area contributed by atoms with Gasteiger partial charge in [-0.25, -0.2) is 0 Å². The van der Waals surface area contributed by atoms with E-state index >= 15 is 0 Å². The van der Waals surface area contributed by atoms with Gasteiger partial charge in [-0.2, -0.15) is 0 Å². The SMILES string of the molecule is CC1=C(/C=C/I)C(C)(C)CCC1O[Si](C)(C)C(C)(C)C. The van der Waals surface area contributed by atoms with E-state index in [0.29, 0.717) is 6.10 Å². The highest BCUT2D eigenvalue weighted by Gasteiger charge is 2.41. The lowest BCUT2D eigenvalue weighted by atomic mass is 9.72. The van der Waals surface area contributed by atoms with Gasteiger partial charge in [-0.3, -0.25) is 0 Å². The van der Waals surface area contributed by atoms with Crippen LogP contribution in [0.15, 0.2) is 21.3 Å². The van der Waals surface area contributed by atoms with E-state index in [4.69, 9.17) is 4.43 Å². The van der Waals surface area contributed by atoms with E-state index in [1.807, 2.05) is 0 Å². The van der Waals surface area contributed by atoms with Crippen molar-refractivity contribution in [3.8, 4) is 0 Å². The molecule has 20 heavy (non-hydrogen) atoms. The predicted molar refractivity (Wildman–Crippen MR) is 101 cm³/mol. The molecule has 0 radical (unpaired) electrons. The fourth-order valence-electron chi connectivity index (χ4n) is 2.65. The van der Waals surface area contributed by atoms with Gasteiger partial charge in [0.25, 0.3) is 0 Å². The van der Waals surface area contributed by atoms with Gasteiger partial charge < -0.3 is 4.43 Å². The molecule has 1 nitrogen and oxygen atoms in total. The highest BCUT2D eigenvalue weighted by molar-refractivity contribution is 14.1. The Balaban J connectivity index is 3.08. The minimum absolute atomic E-state index is 0.277. The van der Waals surface area contributed by atoms with Crippen molar-refractivity contribution < 1.29 is 4.43 Å². The topological polar surface area (TPSA) is 9.23 Å². The highest BCUT2D eigenvalue weighted by Crippen LogP contribution is 2.45. The second kappa shape index (κ2) is 6.25. The average molecular weight is 406 g/mol. The van der Waals surface area contributed by atoms with E-state index in [-0.39, 0.29) is 10.5 Å². The Labute approximate surface area is 140 Å². The van der Waals surface area contributed by atoms with Crippen LogP contribution in [0.5, 0.6) is 0 Å². The Bertz CT molecular complexity index is 413. The lowest BCUT2D eigenvalue weighted by Gasteiger charge is -2.44. The van der Waals surface area contributed by atoms with Crippen molar-refractivity contribution in [1.82, 2.24) is 0 Å². The maximum absolute atomic E-state index is 6.67. The van der Waals surface area contributed by atoms with Gasteiger partial charge in [-0.1, -0.05) is 63.3 Å². The van der Waals surface area contributed by atoms with Gasteiger partial charge in [0.05, 0.1) is 6.10 Å². The molecule has 1 rings (SSSR count). The Morgan fingerprint density at radius 2 is 1.85 bits per heavy atom. The lowest BCUT2D eigenvalue weighted by molar-refractivity contribution is 0.168. The van der Waals surface area contributed by atoms with Gasteiger partial charge in [0.1, 0.15) is 0 Å². The predicted octanol–water partition coefficient (Wildman–Crippen LogP) is 6.46. The number of allylic oxidation sites excluding steroid dienone is 2. The molecular formula is C17H31IOSi. The van der Waals surface area contributed by atoms with Crippen LogP contribution >= 0.6 is 22.6 Å². The normalized spacial score (nSPS) is 24.6. The van der Waals surface area contributed by atoms with Crippen molar-refractivity contribution in [3.63, 3.8) is 0 Å². The molecule has 1 aliphatic rings. The smallest absolute Gasteiger partial charge is 0.192 e. The molecule has 0 saturated carbocycles. The first kappa shape index (κ1) is 18.4. The van der Waals surface area contributed by atoms with Crippen LogP contribution in [-0.2, 0) is 4.43 Å². The molecule has 0 fully saturated rings. The van der Waals surface area contributed by atoms with Crippen molar-refractivity contribution in [2.24, 2.45) is 5.41 Å². The fourth-order valence-corrected chi connectivity index (χ4v) is 4.37. The van der Waals surface area contributed by atoms with Crippen LogP contribution in [0, 0.1) is 5.41 Å². The van der Waals surface area contributed by atoms with Crippen molar-refractivity contribution >= 4 is 30.9 Å². The van der Waals surface area contributed by atoms with Crippen molar-refractivity contribution in [3.05, 3.63) is 21.3 Å². The van der Waals surface area contributed by atoms with Crippen LogP contribution in [0.1, 0.15) is 54.4 Å². The largest absolute Gasteiger partial charge is 0.410 e. The molecule has 116 valence electrons. The minimum Gasteiger partial charge on any atom is -0.410 e. The van der Waals surface area contributed by atoms with Crippen LogP contribution in [0.3, 0.4) is 0 Å². The minimum atomic E-state index is -1.69. The van der Waals surface area contributed by atoms with Crippen LogP contribution in [0.2, 0.25) is 18.1 Å². The molecule has 0 aromatic carbocycles. The summed E-state index contributed by atoms with van der Waals surface area (Å²) < 4.78 is 8.80. The van der Waals surface area contributed by atoms with Crippen LogP contribution in [0.25, 0.3) is 0 Å². The zero-order valence-electron chi connectivity index (χ0n) is 14.4. The molecule has 0 aliphatic heterocycles. The third-order valence-electron chi connectivity index (χ3n) is 5.14. The molecule has 0 heterocycles. The van der Waals surface area contributed by atoms with E-state index in [2.05, 4.69) is 87.4 Å². The molecule has 1 atom stereocenters. The van der Waals surface area contributed by atoms with Crippen molar-refractivity contribution in [2.75, 3.05) is 0 Å². The van der Waals surface area contributed by atoms with E-state index in [9.17, 15) is 0 Å². The second-order valence-electron chi connectivity index (χ2n) is 8.18. The molecule has 3 heteroatoms. The number of halogens is 1. The third-order valence-corrected chi connectivity index (χ3v) is 9.99. The first-order valence-corrected chi connectivity index (χ1v) is 11.7. The van der Waals surface area contributed by atoms with Gasteiger partial charge in [0, 0.05) is 0 Å². The molecule has 0 aromatic heterocycles. The fraction of sp³-hybridized carbons (Fsp3) is 0.765. The summed E-state index contributed by atoms with van der Waals surface area (Å²) in [6, 6.07) is 0.